The van der Waals surface area contributed by atoms with Gasteiger partial charge in [0.2, 0.25) is 0 Å². The van der Waals surface area contributed by atoms with Crippen LogP contribution in [0.5, 0.6) is 5.75 Å². The molecule has 0 aliphatic carbocycles. The third kappa shape index (κ3) is 7.20. The average Bonchev–Trinajstić information content (AvgIpc) is 3.82. The summed E-state index contributed by atoms with van der Waals surface area (Å²) >= 11 is 1.44. The van der Waals surface area contributed by atoms with Gasteiger partial charge < -0.3 is 25.5 Å². The Morgan fingerprint density at radius 2 is 2.15 bits per heavy atom. The van der Waals surface area contributed by atoms with E-state index in [4.69, 9.17) is 21.1 Å². The molecular formula is C30H38F2N10O3S. The molecule has 0 bridgehead atoms. The lowest BCUT2D eigenvalue weighted by Gasteiger charge is -2.38. The minimum Gasteiger partial charge on any atom is -0.434 e. The van der Waals surface area contributed by atoms with Gasteiger partial charge in [0.1, 0.15) is 11.4 Å². The Balaban J connectivity index is 1.24. The highest BCUT2D eigenvalue weighted by Gasteiger charge is 2.30. The van der Waals surface area contributed by atoms with Crippen LogP contribution in [0.25, 0.3) is 11.3 Å². The number of fused-ring (bicyclic) bond motifs is 1. The summed E-state index contributed by atoms with van der Waals surface area (Å²) < 4.78 is 38.8. The largest absolute Gasteiger partial charge is 0.434 e. The van der Waals surface area contributed by atoms with Gasteiger partial charge in [-0.15, -0.1) is 11.8 Å². The van der Waals surface area contributed by atoms with Gasteiger partial charge in [-0.3, -0.25) is 19.4 Å². The van der Waals surface area contributed by atoms with Crippen molar-refractivity contribution < 1.29 is 23.0 Å². The highest BCUT2D eigenvalue weighted by atomic mass is 32.2. The number of benzene rings is 1. The van der Waals surface area contributed by atoms with E-state index in [0.29, 0.717) is 34.4 Å². The third-order valence-corrected chi connectivity index (χ3v) is 9.11. The van der Waals surface area contributed by atoms with Crippen LogP contribution in [0.3, 0.4) is 0 Å². The van der Waals surface area contributed by atoms with Gasteiger partial charge >= 0.3 is 6.61 Å². The number of amides is 1. The van der Waals surface area contributed by atoms with Gasteiger partial charge in [0.05, 0.1) is 24.4 Å². The maximum Gasteiger partial charge on any atom is 0.387 e. The van der Waals surface area contributed by atoms with Crippen molar-refractivity contribution in [1.82, 2.24) is 30.1 Å². The Kier molecular flexibility index (Phi) is 9.89. The molecule has 2 aromatic rings. The van der Waals surface area contributed by atoms with Crippen molar-refractivity contribution in [2.75, 3.05) is 44.4 Å². The van der Waals surface area contributed by atoms with Crippen LogP contribution in [0.15, 0.2) is 69.9 Å². The fourth-order valence-corrected chi connectivity index (χ4v) is 6.48. The zero-order valence-electron chi connectivity index (χ0n) is 25.4. The first-order valence-electron chi connectivity index (χ1n) is 15.1. The zero-order valence-corrected chi connectivity index (χ0v) is 26.3. The fourth-order valence-electron chi connectivity index (χ4n) is 6.04. The van der Waals surface area contributed by atoms with Gasteiger partial charge in [0.25, 0.3) is 5.91 Å². The van der Waals surface area contributed by atoms with Crippen LogP contribution in [-0.4, -0.2) is 94.6 Å². The summed E-state index contributed by atoms with van der Waals surface area (Å²) in [6.45, 7) is 0.829. The number of thioether (sulfide) groups is 1. The first-order valence-corrected chi connectivity index (χ1v) is 16.3. The Bertz CT molecular complexity index is 1550. The predicted octanol–water partition coefficient (Wildman–Crippen LogP) is 2.67. The molecule has 2 fully saturated rings. The number of rotatable bonds is 11. The van der Waals surface area contributed by atoms with E-state index in [-0.39, 0.29) is 30.6 Å². The number of hydrogen-bond acceptors (Lipinski definition) is 12. The number of hydrogen-bond donors (Lipinski definition) is 4. The summed E-state index contributed by atoms with van der Waals surface area (Å²) in [5.41, 5.74) is 11.2. The van der Waals surface area contributed by atoms with Gasteiger partial charge in [-0.1, -0.05) is 0 Å². The Morgan fingerprint density at radius 3 is 2.89 bits per heavy atom. The molecule has 0 saturated carbocycles. The summed E-state index contributed by atoms with van der Waals surface area (Å²) in [5.74, 6) is 6.43. The average molecular weight is 657 g/mol. The number of alkyl halides is 2. The molecule has 0 spiro atoms. The zero-order chi connectivity index (χ0) is 32.2. The number of aliphatic imine (C=N–C) groups is 1. The van der Waals surface area contributed by atoms with E-state index < -0.39 is 12.5 Å². The van der Waals surface area contributed by atoms with Crippen molar-refractivity contribution in [3.8, 4) is 17.0 Å². The lowest BCUT2D eigenvalue weighted by molar-refractivity contribution is -0.112. The molecule has 16 heteroatoms. The summed E-state index contributed by atoms with van der Waals surface area (Å²) in [6, 6.07) is 5.47. The van der Waals surface area contributed by atoms with E-state index in [1.54, 1.807) is 57.7 Å². The minimum atomic E-state index is -3.05. The van der Waals surface area contributed by atoms with Gasteiger partial charge in [-0.05, 0) is 49.8 Å². The molecule has 6 rings (SSSR count). The highest BCUT2D eigenvalue weighted by Crippen LogP contribution is 2.38. The van der Waals surface area contributed by atoms with Crippen LogP contribution in [0, 0.1) is 0 Å². The minimum absolute atomic E-state index is 0.0709. The lowest BCUT2D eigenvalue weighted by Crippen LogP contribution is -2.49. The standard InChI is InChI=1S/C30H38F2N10O3S/c1-46-22-3-4-26(45-30(31)32)23(13-22)27-25(37-29(43)24-14-36-42-9-2-8-35-28(24)42)17-40(38-27)15-19(33)16-41(34)20-5-10-39(11-6-20)21-7-12-44-18-21/h2-4,8-9,13,16-17,20-21,30,36H,5-7,10-12,14-15,18,33-34H2,1H3,(H,37,43)/b19-16-. The SMILES string of the molecule is CSc1ccc(OC(F)F)c(-c2nn(C/C(N)=C/N(N)C3CCN(C4CCOC4)CC3)cc2NC(=O)C2=C3N=CC=CN3NC2)c1. The molecule has 246 valence electrons. The van der Waals surface area contributed by atoms with Gasteiger partial charge in [0.15, 0.2) is 5.82 Å². The van der Waals surface area contributed by atoms with Crippen molar-refractivity contribution >= 4 is 29.6 Å². The third-order valence-electron chi connectivity index (χ3n) is 8.39. The maximum atomic E-state index is 13.5. The normalized spacial score (nSPS) is 20.6. The number of nitrogens with zero attached hydrogens (tertiary/aromatic N) is 6. The highest BCUT2D eigenvalue weighted by molar-refractivity contribution is 7.98. The number of allylic oxidation sites excluding steroid dienone is 2. The number of hydrazine groups is 2. The molecule has 1 aromatic carbocycles. The molecule has 4 aliphatic heterocycles. The number of ether oxygens (including phenoxy) is 2. The monoisotopic (exact) mass is 656 g/mol. The van der Waals surface area contributed by atoms with E-state index in [9.17, 15) is 13.6 Å². The molecule has 1 aromatic heterocycles. The number of nitrogens with one attached hydrogen (secondary N) is 2. The molecular weight excluding hydrogens is 618 g/mol. The van der Waals surface area contributed by atoms with Crippen LogP contribution >= 0.6 is 11.8 Å². The van der Waals surface area contributed by atoms with Crippen molar-refractivity contribution in [3.05, 3.63) is 60.0 Å². The van der Waals surface area contributed by atoms with E-state index >= 15 is 0 Å². The van der Waals surface area contributed by atoms with Crippen LogP contribution < -0.4 is 27.1 Å². The quantitative estimate of drug-likeness (QED) is 0.161. The summed E-state index contributed by atoms with van der Waals surface area (Å²) in [7, 11) is 0. The molecule has 1 atom stereocenters. The van der Waals surface area contributed by atoms with Crippen LogP contribution in [0.1, 0.15) is 19.3 Å². The molecule has 5 heterocycles. The first-order chi connectivity index (χ1) is 22.3. The van der Waals surface area contributed by atoms with Crippen molar-refractivity contribution in [2.45, 2.75) is 49.4 Å². The van der Waals surface area contributed by atoms with Crippen LogP contribution in [0.2, 0.25) is 0 Å². The number of aromatic nitrogens is 2. The second-order valence-electron chi connectivity index (χ2n) is 11.3. The van der Waals surface area contributed by atoms with Gasteiger partial charge in [-0.25, -0.2) is 16.3 Å². The summed E-state index contributed by atoms with van der Waals surface area (Å²) in [4.78, 5) is 21.1. The van der Waals surface area contributed by atoms with Crippen LogP contribution in [-0.2, 0) is 16.1 Å². The van der Waals surface area contributed by atoms with Crippen molar-refractivity contribution in [1.29, 1.82) is 0 Å². The molecule has 6 N–H and O–H groups in total. The molecule has 1 unspecified atom stereocenters. The van der Waals surface area contributed by atoms with Gasteiger partial charge in [-0.2, -0.15) is 13.9 Å². The van der Waals surface area contributed by atoms with E-state index in [2.05, 4.69) is 25.7 Å². The van der Waals surface area contributed by atoms with Gasteiger partial charge in [0, 0.05) is 79.3 Å². The molecule has 13 nitrogen and oxygen atoms in total. The number of anilines is 1. The van der Waals surface area contributed by atoms with Crippen LogP contribution in [0.4, 0.5) is 14.5 Å². The summed E-state index contributed by atoms with van der Waals surface area (Å²) in [6.07, 6.45) is 13.2. The number of likely N-dealkylation sites (tertiary alicyclic amines) is 1. The number of piperidine rings is 1. The Labute approximate surface area is 269 Å². The number of halogens is 2. The molecule has 1 amide bonds. The molecule has 4 aliphatic rings. The molecule has 46 heavy (non-hydrogen) atoms. The second-order valence-corrected chi connectivity index (χ2v) is 12.2. The first kappa shape index (κ1) is 32.0. The number of nitrogens with two attached hydrogens (primary N) is 2. The maximum absolute atomic E-state index is 13.5. The summed E-state index contributed by atoms with van der Waals surface area (Å²) in [5, 5.41) is 10.9. The molecule has 2 saturated heterocycles. The van der Waals surface area contributed by atoms with Crippen molar-refractivity contribution in [2.24, 2.45) is 16.6 Å². The van der Waals surface area contributed by atoms with Crippen molar-refractivity contribution in [3.63, 3.8) is 0 Å². The fraction of sp³-hybridized carbons (Fsp3) is 0.433. The van der Waals surface area contributed by atoms with E-state index in [0.717, 1.165) is 50.5 Å². The van der Waals surface area contributed by atoms with E-state index in [1.165, 1.54) is 17.8 Å². The van der Waals surface area contributed by atoms with E-state index in [1.807, 2.05) is 6.26 Å². The second kappa shape index (κ2) is 14.2. The predicted molar refractivity (Wildman–Crippen MR) is 171 cm³/mol. The smallest absolute Gasteiger partial charge is 0.387 e. The Morgan fingerprint density at radius 1 is 1.33 bits per heavy atom. The topological polar surface area (TPSA) is 152 Å². The number of carbonyl (C=O) groups is 1. The molecule has 0 radical (unpaired) electrons. The lowest BCUT2D eigenvalue weighted by atomic mass is 10.0. The number of carbonyl (C=O) groups excluding carboxylic acids is 1. The Hall–Kier alpha value is -3.96.